The van der Waals surface area contributed by atoms with Gasteiger partial charge in [-0.25, -0.2) is 0 Å². The number of para-hydroxylation sites is 1. The Morgan fingerprint density at radius 2 is 2.17 bits per heavy atom. The lowest BCUT2D eigenvalue weighted by molar-refractivity contribution is -0.114. The molecular formula is C13H16BrNO3. The number of primary amides is 1. The van der Waals surface area contributed by atoms with Crippen LogP contribution in [0.3, 0.4) is 0 Å². The van der Waals surface area contributed by atoms with Gasteiger partial charge in [0.1, 0.15) is 5.76 Å². The van der Waals surface area contributed by atoms with E-state index >= 15 is 0 Å². The van der Waals surface area contributed by atoms with Crippen LogP contribution >= 0.6 is 15.9 Å². The number of nitrogens with two attached hydrogens (primary N) is 1. The summed E-state index contributed by atoms with van der Waals surface area (Å²) >= 11 is 3.20. The van der Waals surface area contributed by atoms with Gasteiger partial charge in [-0.1, -0.05) is 13.0 Å². The zero-order valence-corrected chi connectivity index (χ0v) is 12.0. The monoisotopic (exact) mass is 313 g/mol. The van der Waals surface area contributed by atoms with Crippen LogP contribution in [0.4, 0.5) is 0 Å². The fourth-order valence-corrected chi connectivity index (χ4v) is 1.74. The minimum atomic E-state index is -0.520. The first-order valence-corrected chi connectivity index (χ1v) is 6.41. The molecular weight excluding hydrogens is 298 g/mol. The highest BCUT2D eigenvalue weighted by Gasteiger charge is 2.13. The number of ether oxygens (including phenoxy) is 1. The lowest BCUT2D eigenvalue weighted by atomic mass is 10.1. The Labute approximate surface area is 115 Å². The van der Waals surface area contributed by atoms with Gasteiger partial charge >= 0.3 is 0 Å². The molecule has 0 spiro atoms. The molecule has 0 aliphatic rings. The fraction of sp³-hybridized carbons (Fsp3) is 0.308. The van der Waals surface area contributed by atoms with Crippen LogP contribution in [-0.2, 0) is 4.79 Å². The van der Waals surface area contributed by atoms with E-state index in [1.54, 1.807) is 25.1 Å². The van der Waals surface area contributed by atoms with Crippen molar-refractivity contribution in [3.05, 3.63) is 34.0 Å². The van der Waals surface area contributed by atoms with Crippen LogP contribution in [0.1, 0.15) is 26.7 Å². The van der Waals surface area contributed by atoms with E-state index in [1.807, 2.05) is 6.92 Å². The molecule has 0 fully saturated rings. The minimum Gasteiger partial charge on any atom is -0.503 e. The van der Waals surface area contributed by atoms with Gasteiger partial charge in [0.15, 0.2) is 11.5 Å². The first-order chi connectivity index (χ1) is 8.47. The van der Waals surface area contributed by atoms with Gasteiger partial charge in [-0.2, -0.15) is 0 Å². The van der Waals surface area contributed by atoms with Gasteiger partial charge < -0.3 is 15.6 Å². The third-order valence-electron chi connectivity index (χ3n) is 2.45. The van der Waals surface area contributed by atoms with Gasteiger partial charge in [0.05, 0.1) is 10.0 Å². The Morgan fingerprint density at radius 1 is 1.50 bits per heavy atom. The zero-order chi connectivity index (χ0) is 13.7. The molecule has 0 saturated heterocycles. The van der Waals surface area contributed by atoms with Crippen LogP contribution in [0.5, 0.6) is 11.5 Å². The number of hydrogen-bond donors (Lipinski definition) is 2. The van der Waals surface area contributed by atoms with E-state index in [1.165, 1.54) is 0 Å². The molecule has 1 aromatic carbocycles. The first kappa shape index (κ1) is 14.6. The Morgan fingerprint density at radius 3 is 2.72 bits per heavy atom. The number of rotatable bonds is 5. The zero-order valence-electron chi connectivity index (χ0n) is 10.4. The second-order valence-corrected chi connectivity index (χ2v) is 4.71. The number of aromatic hydroxyl groups is 1. The second-order valence-electron chi connectivity index (χ2n) is 3.85. The molecule has 0 aromatic heterocycles. The molecule has 0 bridgehead atoms. The summed E-state index contributed by atoms with van der Waals surface area (Å²) in [5.41, 5.74) is 5.61. The molecule has 5 heteroatoms. The Balaban J connectivity index is 3.08. The van der Waals surface area contributed by atoms with Crippen LogP contribution in [0, 0.1) is 0 Å². The molecule has 1 aromatic rings. The van der Waals surface area contributed by atoms with E-state index in [-0.39, 0.29) is 5.75 Å². The van der Waals surface area contributed by atoms with Crippen molar-refractivity contribution >= 4 is 21.8 Å². The highest BCUT2D eigenvalue weighted by Crippen LogP contribution is 2.35. The van der Waals surface area contributed by atoms with Gasteiger partial charge in [0.25, 0.3) is 0 Å². The van der Waals surface area contributed by atoms with Crippen LogP contribution in [0.2, 0.25) is 0 Å². The van der Waals surface area contributed by atoms with Gasteiger partial charge in [0.2, 0.25) is 5.91 Å². The summed E-state index contributed by atoms with van der Waals surface area (Å²) in [6.07, 6.45) is 1.40. The molecule has 0 saturated carbocycles. The second kappa shape index (κ2) is 6.44. The predicted molar refractivity (Wildman–Crippen MR) is 73.2 cm³/mol. The smallest absolute Gasteiger partial charge is 0.247 e. The summed E-state index contributed by atoms with van der Waals surface area (Å²) in [7, 11) is 0. The fourth-order valence-electron chi connectivity index (χ4n) is 1.39. The maximum atomic E-state index is 11.2. The average Bonchev–Trinajstić information content (AvgIpc) is 2.33. The Bertz CT molecular complexity index is 483. The van der Waals surface area contributed by atoms with E-state index in [0.717, 1.165) is 6.42 Å². The summed E-state index contributed by atoms with van der Waals surface area (Å²) in [5.74, 6) is 0.267. The maximum absolute atomic E-state index is 11.2. The van der Waals surface area contributed by atoms with Crippen molar-refractivity contribution in [2.24, 2.45) is 5.73 Å². The quantitative estimate of drug-likeness (QED) is 0.648. The number of benzene rings is 1. The molecule has 0 aliphatic heterocycles. The standard InChI is InChI=1S/C13H16BrNO3/c1-3-5-10(8(2)13(15)17)18-11-7-4-6-9(14)12(11)16/h4,6-7,16H,3,5H2,1-2H3,(H2,15,17). The minimum absolute atomic E-state index is 0.00312. The number of phenols is 1. The normalized spacial score (nSPS) is 11.9. The highest BCUT2D eigenvalue weighted by molar-refractivity contribution is 9.10. The van der Waals surface area contributed by atoms with Crippen molar-refractivity contribution in [1.82, 2.24) is 0 Å². The predicted octanol–water partition coefficient (Wildman–Crippen LogP) is 3.09. The number of allylic oxidation sites excluding steroid dienone is 1. The first-order valence-electron chi connectivity index (χ1n) is 5.62. The topological polar surface area (TPSA) is 72.6 Å². The molecule has 0 unspecified atom stereocenters. The average molecular weight is 314 g/mol. The van der Waals surface area contributed by atoms with E-state index in [9.17, 15) is 9.90 Å². The molecule has 0 aliphatic carbocycles. The summed E-state index contributed by atoms with van der Waals surface area (Å²) in [4.78, 5) is 11.2. The van der Waals surface area contributed by atoms with Gasteiger partial charge in [-0.15, -0.1) is 0 Å². The number of halogens is 1. The molecule has 0 atom stereocenters. The summed E-state index contributed by atoms with van der Waals surface area (Å²) in [5, 5.41) is 9.82. The summed E-state index contributed by atoms with van der Waals surface area (Å²) in [6, 6.07) is 5.07. The molecule has 98 valence electrons. The third kappa shape index (κ3) is 3.50. The SMILES string of the molecule is CCCC(Oc1cccc(Br)c1O)=C(C)C(N)=O. The summed E-state index contributed by atoms with van der Waals surface area (Å²) < 4.78 is 6.12. The van der Waals surface area contributed by atoms with E-state index in [0.29, 0.717) is 28.0 Å². The van der Waals surface area contributed by atoms with Crippen molar-refractivity contribution in [2.45, 2.75) is 26.7 Å². The highest BCUT2D eigenvalue weighted by atomic mass is 79.9. The van der Waals surface area contributed by atoms with Gasteiger partial charge in [0, 0.05) is 6.42 Å². The molecule has 1 rings (SSSR count). The number of amides is 1. The largest absolute Gasteiger partial charge is 0.503 e. The Hall–Kier alpha value is -1.49. The van der Waals surface area contributed by atoms with Crippen molar-refractivity contribution in [2.75, 3.05) is 0 Å². The van der Waals surface area contributed by atoms with Crippen molar-refractivity contribution in [1.29, 1.82) is 0 Å². The van der Waals surface area contributed by atoms with Crippen LogP contribution in [0.15, 0.2) is 34.0 Å². The van der Waals surface area contributed by atoms with Crippen LogP contribution in [0.25, 0.3) is 0 Å². The van der Waals surface area contributed by atoms with Gasteiger partial charge in [-0.3, -0.25) is 4.79 Å². The van der Waals surface area contributed by atoms with Crippen LogP contribution in [-0.4, -0.2) is 11.0 Å². The van der Waals surface area contributed by atoms with Crippen LogP contribution < -0.4 is 10.5 Å². The summed E-state index contributed by atoms with van der Waals surface area (Å²) in [6.45, 7) is 3.58. The number of phenolic OH excluding ortho intramolecular Hbond substituents is 1. The molecule has 0 heterocycles. The lowest BCUT2D eigenvalue weighted by Crippen LogP contribution is -2.15. The molecule has 0 radical (unpaired) electrons. The number of carbonyl (C=O) groups excluding carboxylic acids is 1. The van der Waals surface area contributed by atoms with Crippen molar-refractivity contribution in [3.8, 4) is 11.5 Å². The molecule has 18 heavy (non-hydrogen) atoms. The Kier molecular flexibility index (Phi) is 5.22. The molecule has 4 nitrogen and oxygen atoms in total. The number of carbonyl (C=O) groups is 1. The van der Waals surface area contributed by atoms with E-state index < -0.39 is 5.91 Å². The third-order valence-corrected chi connectivity index (χ3v) is 3.09. The van der Waals surface area contributed by atoms with Crippen molar-refractivity contribution in [3.63, 3.8) is 0 Å². The van der Waals surface area contributed by atoms with E-state index in [4.69, 9.17) is 10.5 Å². The van der Waals surface area contributed by atoms with Crippen molar-refractivity contribution < 1.29 is 14.6 Å². The van der Waals surface area contributed by atoms with Gasteiger partial charge in [-0.05, 0) is 41.4 Å². The van der Waals surface area contributed by atoms with E-state index in [2.05, 4.69) is 15.9 Å². The molecule has 3 N–H and O–H groups in total. The molecule has 1 amide bonds. The maximum Gasteiger partial charge on any atom is 0.247 e. The lowest BCUT2D eigenvalue weighted by Gasteiger charge is -2.13. The number of hydrogen-bond acceptors (Lipinski definition) is 3.